The lowest BCUT2D eigenvalue weighted by atomic mass is 9.89. The van der Waals surface area contributed by atoms with Crippen LogP contribution in [0.5, 0.6) is 0 Å². The Morgan fingerprint density at radius 2 is 2.19 bits per heavy atom. The minimum Gasteiger partial charge on any atom is -0.379 e. The molecule has 0 bridgehead atoms. The molecule has 1 N–H and O–H groups in total. The SMILES string of the molecule is CC(=O)Nc1cc2c(-c3ccc4c(n3)C3(CCOC3)OCC4)cn([C@H]3CCOC3)c2cn1. The Morgan fingerprint density at radius 1 is 1.25 bits per heavy atom. The van der Waals surface area contributed by atoms with Gasteiger partial charge in [0.15, 0.2) is 0 Å². The van der Waals surface area contributed by atoms with E-state index in [1.807, 2.05) is 12.3 Å². The molecule has 2 atom stereocenters. The van der Waals surface area contributed by atoms with Crippen LogP contribution in [-0.4, -0.2) is 53.5 Å². The lowest BCUT2D eigenvalue weighted by Crippen LogP contribution is -2.37. The highest BCUT2D eigenvalue weighted by atomic mass is 16.6. The standard InChI is InChI=1S/C24H26N4O4/c1-15(29)26-22-10-18-19(12-28(21(18)11-25-22)17-5-7-30-13-17)20-3-2-16-4-8-32-24(23(16)27-20)6-9-31-14-24/h2-3,10-12,17H,4-9,13-14H2,1H3,(H,25,26,29)/t17-,24?/m0/s1. The van der Waals surface area contributed by atoms with Gasteiger partial charge in [-0.05, 0) is 30.5 Å². The molecule has 3 aromatic heterocycles. The van der Waals surface area contributed by atoms with Crippen LogP contribution in [0.1, 0.15) is 37.1 Å². The summed E-state index contributed by atoms with van der Waals surface area (Å²) in [7, 11) is 0. The first kappa shape index (κ1) is 19.8. The molecule has 1 amide bonds. The summed E-state index contributed by atoms with van der Waals surface area (Å²) in [5.41, 5.74) is 4.72. The first-order valence-electron chi connectivity index (χ1n) is 11.2. The Morgan fingerprint density at radius 3 is 2.97 bits per heavy atom. The third-order valence-electron chi connectivity index (χ3n) is 6.74. The van der Waals surface area contributed by atoms with E-state index in [4.69, 9.17) is 19.2 Å². The highest BCUT2D eigenvalue weighted by Crippen LogP contribution is 2.41. The Balaban J connectivity index is 1.51. The average Bonchev–Trinajstić information content (AvgIpc) is 3.54. The molecule has 1 unspecified atom stereocenters. The average molecular weight is 434 g/mol. The zero-order valence-corrected chi connectivity index (χ0v) is 18.1. The quantitative estimate of drug-likeness (QED) is 0.681. The molecule has 0 radical (unpaired) electrons. The van der Waals surface area contributed by atoms with Gasteiger partial charge in [-0.1, -0.05) is 6.07 Å². The van der Waals surface area contributed by atoms with Gasteiger partial charge in [-0.25, -0.2) is 9.97 Å². The molecule has 32 heavy (non-hydrogen) atoms. The third-order valence-corrected chi connectivity index (χ3v) is 6.74. The maximum absolute atomic E-state index is 11.6. The van der Waals surface area contributed by atoms with Crippen molar-refractivity contribution in [3.8, 4) is 11.3 Å². The second kappa shape index (κ2) is 7.65. The van der Waals surface area contributed by atoms with Crippen LogP contribution < -0.4 is 5.32 Å². The van der Waals surface area contributed by atoms with Gasteiger partial charge >= 0.3 is 0 Å². The van der Waals surface area contributed by atoms with Crippen molar-refractivity contribution in [2.45, 2.75) is 37.8 Å². The van der Waals surface area contributed by atoms with Crippen LogP contribution in [-0.2, 0) is 31.0 Å². The summed E-state index contributed by atoms with van der Waals surface area (Å²) in [5, 5.41) is 3.81. The number of nitrogens with one attached hydrogen (secondary N) is 1. The fourth-order valence-corrected chi connectivity index (χ4v) is 5.15. The van der Waals surface area contributed by atoms with Gasteiger partial charge in [0.2, 0.25) is 5.91 Å². The van der Waals surface area contributed by atoms with Crippen molar-refractivity contribution >= 4 is 22.6 Å². The van der Waals surface area contributed by atoms with E-state index in [9.17, 15) is 4.79 Å². The van der Waals surface area contributed by atoms with Crippen LogP contribution in [0.15, 0.2) is 30.6 Å². The molecule has 2 fully saturated rings. The van der Waals surface area contributed by atoms with Crippen molar-refractivity contribution in [3.05, 3.63) is 41.9 Å². The first-order valence-corrected chi connectivity index (χ1v) is 11.2. The number of carbonyl (C=O) groups is 1. The highest BCUT2D eigenvalue weighted by Gasteiger charge is 2.43. The highest BCUT2D eigenvalue weighted by molar-refractivity contribution is 5.98. The van der Waals surface area contributed by atoms with Gasteiger partial charge < -0.3 is 24.1 Å². The molecule has 8 nitrogen and oxygen atoms in total. The van der Waals surface area contributed by atoms with Crippen LogP contribution >= 0.6 is 0 Å². The van der Waals surface area contributed by atoms with Crippen LogP contribution in [0.25, 0.3) is 22.2 Å². The summed E-state index contributed by atoms with van der Waals surface area (Å²) in [6.45, 7) is 4.87. The molecule has 6 heterocycles. The molecular formula is C24H26N4O4. The summed E-state index contributed by atoms with van der Waals surface area (Å²) < 4.78 is 19.8. The summed E-state index contributed by atoms with van der Waals surface area (Å²) in [4.78, 5) is 21.2. The molecule has 8 heteroatoms. The number of ether oxygens (including phenoxy) is 3. The van der Waals surface area contributed by atoms with Crippen LogP contribution in [0.2, 0.25) is 0 Å². The molecule has 0 aromatic carbocycles. The number of carbonyl (C=O) groups excluding carboxylic acids is 1. The lowest BCUT2D eigenvalue weighted by molar-refractivity contribution is -0.114. The number of fused-ring (bicyclic) bond motifs is 3. The van der Waals surface area contributed by atoms with Gasteiger partial charge in [-0.2, -0.15) is 0 Å². The van der Waals surface area contributed by atoms with E-state index in [2.05, 4.69) is 33.2 Å². The van der Waals surface area contributed by atoms with E-state index in [-0.39, 0.29) is 11.9 Å². The molecule has 1 spiro atoms. The number of hydrogen-bond donors (Lipinski definition) is 1. The molecule has 3 aromatic rings. The number of aromatic nitrogens is 3. The summed E-state index contributed by atoms with van der Waals surface area (Å²) in [6, 6.07) is 6.47. The molecule has 0 saturated carbocycles. The fourth-order valence-electron chi connectivity index (χ4n) is 5.15. The Kier molecular flexibility index (Phi) is 4.74. The molecule has 3 aliphatic heterocycles. The van der Waals surface area contributed by atoms with Crippen molar-refractivity contribution in [3.63, 3.8) is 0 Å². The molecule has 0 aliphatic carbocycles. The Hall–Kier alpha value is -2.81. The molecule has 6 rings (SSSR count). The van der Waals surface area contributed by atoms with Crippen molar-refractivity contribution in [2.75, 3.05) is 38.4 Å². The van der Waals surface area contributed by atoms with E-state index in [0.29, 0.717) is 32.2 Å². The maximum atomic E-state index is 11.6. The summed E-state index contributed by atoms with van der Waals surface area (Å²) in [6.07, 6.45) is 6.63. The predicted molar refractivity (Wildman–Crippen MR) is 119 cm³/mol. The number of pyridine rings is 2. The van der Waals surface area contributed by atoms with E-state index < -0.39 is 5.60 Å². The monoisotopic (exact) mass is 434 g/mol. The fraction of sp³-hybridized carbons (Fsp3) is 0.458. The lowest BCUT2D eigenvalue weighted by Gasteiger charge is -2.33. The zero-order chi connectivity index (χ0) is 21.7. The number of hydrogen-bond acceptors (Lipinski definition) is 6. The van der Waals surface area contributed by atoms with Crippen molar-refractivity contribution in [1.82, 2.24) is 14.5 Å². The summed E-state index contributed by atoms with van der Waals surface area (Å²) >= 11 is 0. The van der Waals surface area contributed by atoms with Gasteiger partial charge in [0.05, 0.1) is 49.0 Å². The first-order chi connectivity index (χ1) is 15.6. The van der Waals surface area contributed by atoms with Crippen LogP contribution in [0.4, 0.5) is 5.82 Å². The smallest absolute Gasteiger partial charge is 0.222 e. The molecular weight excluding hydrogens is 408 g/mol. The minimum atomic E-state index is -0.440. The Bertz CT molecular complexity index is 1190. The molecule has 2 saturated heterocycles. The van der Waals surface area contributed by atoms with E-state index >= 15 is 0 Å². The van der Waals surface area contributed by atoms with Crippen molar-refractivity contribution in [2.24, 2.45) is 0 Å². The number of amides is 1. The van der Waals surface area contributed by atoms with E-state index in [1.165, 1.54) is 12.5 Å². The van der Waals surface area contributed by atoms with E-state index in [1.54, 1.807) is 0 Å². The van der Waals surface area contributed by atoms with Gasteiger partial charge in [0.1, 0.15) is 11.4 Å². The number of nitrogens with zero attached hydrogens (tertiary/aromatic N) is 3. The second-order valence-corrected chi connectivity index (χ2v) is 8.83. The third kappa shape index (κ3) is 3.21. The van der Waals surface area contributed by atoms with Gasteiger partial charge in [0.25, 0.3) is 0 Å². The number of rotatable bonds is 3. The normalized spacial score (nSPS) is 24.8. The van der Waals surface area contributed by atoms with Gasteiger partial charge in [-0.15, -0.1) is 0 Å². The van der Waals surface area contributed by atoms with Gasteiger partial charge in [-0.3, -0.25) is 4.79 Å². The van der Waals surface area contributed by atoms with Crippen molar-refractivity contribution < 1.29 is 19.0 Å². The zero-order valence-electron chi connectivity index (χ0n) is 18.1. The number of anilines is 1. The largest absolute Gasteiger partial charge is 0.379 e. The molecule has 166 valence electrons. The van der Waals surface area contributed by atoms with Crippen LogP contribution in [0, 0.1) is 0 Å². The second-order valence-electron chi connectivity index (χ2n) is 8.83. The van der Waals surface area contributed by atoms with Crippen molar-refractivity contribution in [1.29, 1.82) is 0 Å². The van der Waals surface area contributed by atoms with E-state index in [0.717, 1.165) is 53.7 Å². The maximum Gasteiger partial charge on any atom is 0.222 e. The Labute approximate surface area is 185 Å². The van der Waals surface area contributed by atoms with Crippen LogP contribution in [0.3, 0.4) is 0 Å². The minimum absolute atomic E-state index is 0.144. The predicted octanol–water partition coefficient (Wildman–Crippen LogP) is 3.21. The topological polar surface area (TPSA) is 87.5 Å². The van der Waals surface area contributed by atoms with Gasteiger partial charge in [0, 0.05) is 43.7 Å². The molecule has 3 aliphatic rings. The summed E-state index contributed by atoms with van der Waals surface area (Å²) in [5.74, 6) is 0.392.